The Morgan fingerprint density at radius 3 is 2.61 bits per heavy atom. The quantitative estimate of drug-likeness (QED) is 0.838. The molecule has 4 nitrogen and oxygen atoms in total. The van der Waals surface area contributed by atoms with Gasteiger partial charge in [-0.05, 0) is 37.0 Å². The van der Waals surface area contributed by atoms with Gasteiger partial charge >= 0.3 is 6.18 Å². The van der Waals surface area contributed by atoms with E-state index in [1.54, 1.807) is 0 Å². The molecule has 1 aromatic carbocycles. The predicted molar refractivity (Wildman–Crippen MR) is 77.9 cm³/mol. The third-order valence-electron chi connectivity index (χ3n) is 4.38. The van der Waals surface area contributed by atoms with Gasteiger partial charge in [0, 0.05) is 25.2 Å². The summed E-state index contributed by atoms with van der Waals surface area (Å²) in [7, 11) is 0. The fourth-order valence-electron chi connectivity index (χ4n) is 3.24. The van der Waals surface area contributed by atoms with Crippen molar-refractivity contribution in [1.29, 1.82) is 0 Å². The van der Waals surface area contributed by atoms with Crippen molar-refractivity contribution >= 4 is 17.5 Å². The molecule has 1 aromatic rings. The first kappa shape index (κ1) is 15.8. The predicted octanol–water partition coefficient (Wildman–Crippen LogP) is 2.61. The molecule has 0 spiro atoms. The number of piperidine rings is 1. The summed E-state index contributed by atoms with van der Waals surface area (Å²) < 4.78 is 39.1. The molecule has 1 saturated heterocycles. The van der Waals surface area contributed by atoms with Crippen LogP contribution in [-0.4, -0.2) is 36.3 Å². The van der Waals surface area contributed by atoms with Crippen LogP contribution >= 0.6 is 0 Å². The van der Waals surface area contributed by atoms with Gasteiger partial charge in [0.15, 0.2) is 0 Å². The molecule has 0 atom stereocenters. The third kappa shape index (κ3) is 3.04. The molecule has 0 aliphatic carbocycles. The van der Waals surface area contributed by atoms with Gasteiger partial charge in [-0.15, -0.1) is 0 Å². The van der Waals surface area contributed by atoms with E-state index in [0.29, 0.717) is 18.7 Å². The molecule has 0 aromatic heterocycles. The van der Waals surface area contributed by atoms with E-state index in [4.69, 9.17) is 0 Å². The Morgan fingerprint density at radius 1 is 1.13 bits per heavy atom. The lowest BCUT2D eigenvalue weighted by Crippen LogP contribution is -2.44. The van der Waals surface area contributed by atoms with E-state index in [2.05, 4.69) is 0 Å². The van der Waals surface area contributed by atoms with Crippen LogP contribution in [0.4, 0.5) is 18.9 Å². The molecule has 124 valence electrons. The average Bonchev–Trinajstić information content (AvgIpc) is 2.92. The van der Waals surface area contributed by atoms with E-state index in [0.717, 1.165) is 18.9 Å². The molecule has 2 aliphatic rings. The minimum atomic E-state index is -4.42. The van der Waals surface area contributed by atoms with Crippen LogP contribution in [0.2, 0.25) is 0 Å². The lowest BCUT2D eigenvalue weighted by Gasteiger charge is -2.28. The summed E-state index contributed by atoms with van der Waals surface area (Å²) in [5.41, 5.74) is -0.202. The van der Waals surface area contributed by atoms with Gasteiger partial charge in [0.2, 0.25) is 11.8 Å². The Labute approximate surface area is 131 Å². The van der Waals surface area contributed by atoms with Crippen LogP contribution in [0.15, 0.2) is 18.2 Å². The van der Waals surface area contributed by atoms with Crippen molar-refractivity contribution in [2.75, 3.05) is 24.5 Å². The molecule has 0 N–H and O–H groups in total. The van der Waals surface area contributed by atoms with Crippen molar-refractivity contribution in [3.63, 3.8) is 0 Å². The second-order valence-corrected chi connectivity index (χ2v) is 5.87. The van der Waals surface area contributed by atoms with Crippen LogP contribution in [0.25, 0.3) is 0 Å². The van der Waals surface area contributed by atoms with Crippen molar-refractivity contribution in [3.05, 3.63) is 29.3 Å². The Morgan fingerprint density at radius 2 is 1.91 bits per heavy atom. The number of halogens is 3. The second kappa shape index (κ2) is 5.86. The van der Waals surface area contributed by atoms with Crippen LogP contribution in [0.5, 0.6) is 0 Å². The van der Waals surface area contributed by atoms with Gasteiger partial charge in [-0.1, -0.05) is 6.07 Å². The number of rotatable bonds is 2. The molecule has 3 rings (SSSR count). The van der Waals surface area contributed by atoms with Gasteiger partial charge in [-0.2, -0.15) is 13.2 Å². The van der Waals surface area contributed by atoms with Crippen LogP contribution in [-0.2, 0) is 22.2 Å². The largest absolute Gasteiger partial charge is 0.416 e. The van der Waals surface area contributed by atoms with Gasteiger partial charge < -0.3 is 9.80 Å². The summed E-state index contributed by atoms with van der Waals surface area (Å²) in [6.07, 6.45) is -2.13. The van der Waals surface area contributed by atoms with Crippen LogP contribution in [0.1, 0.15) is 30.4 Å². The zero-order chi connectivity index (χ0) is 16.6. The number of anilines is 1. The molecule has 0 saturated carbocycles. The van der Waals surface area contributed by atoms with Crippen molar-refractivity contribution in [3.8, 4) is 0 Å². The zero-order valence-electron chi connectivity index (χ0n) is 12.5. The van der Waals surface area contributed by atoms with Crippen molar-refractivity contribution in [1.82, 2.24) is 4.90 Å². The van der Waals surface area contributed by atoms with E-state index < -0.39 is 11.7 Å². The molecule has 0 unspecified atom stereocenters. The molecule has 23 heavy (non-hydrogen) atoms. The molecule has 2 amide bonds. The molecule has 7 heteroatoms. The zero-order valence-corrected chi connectivity index (χ0v) is 12.5. The van der Waals surface area contributed by atoms with Crippen molar-refractivity contribution < 1.29 is 22.8 Å². The van der Waals surface area contributed by atoms with E-state index in [-0.39, 0.29) is 36.9 Å². The number of alkyl halides is 3. The standard InChI is InChI=1S/C16H17F3N2O2/c17-16(18,19)12-4-3-5-13-11(12)7-9-21(13)15(23)10-20-8-2-1-6-14(20)22/h3-5H,1-2,6-10H2. The van der Waals surface area contributed by atoms with Gasteiger partial charge in [-0.3, -0.25) is 9.59 Å². The smallest absolute Gasteiger partial charge is 0.333 e. The highest BCUT2D eigenvalue weighted by atomic mass is 19.4. The number of nitrogens with zero attached hydrogens (tertiary/aromatic N) is 2. The molecule has 0 bridgehead atoms. The summed E-state index contributed by atoms with van der Waals surface area (Å²) >= 11 is 0. The summed E-state index contributed by atoms with van der Waals surface area (Å²) in [5, 5.41) is 0. The summed E-state index contributed by atoms with van der Waals surface area (Å²) in [5.74, 6) is -0.383. The van der Waals surface area contributed by atoms with E-state index >= 15 is 0 Å². The van der Waals surface area contributed by atoms with E-state index in [1.807, 2.05) is 0 Å². The number of likely N-dealkylation sites (tertiary alicyclic amines) is 1. The van der Waals surface area contributed by atoms with Gasteiger partial charge in [-0.25, -0.2) is 0 Å². The highest BCUT2D eigenvalue weighted by molar-refractivity contribution is 5.98. The number of fused-ring (bicyclic) bond motifs is 1. The minimum Gasteiger partial charge on any atom is -0.333 e. The first-order valence-electron chi connectivity index (χ1n) is 7.65. The molecule has 1 fully saturated rings. The Kier molecular flexibility index (Phi) is 4.04. The van der Waals surface area contributed by atoms with Crippen molar-refractivity contribution in [2.24, 2.45) is 0 Å². The van der Waals surface area contributed by atoms with E-state index in [9.17, 15) is 22.8 Å². The topological polar surface area (TPSA) is 40.6 Å². The normalized spacial score (nSPS) is 18.3. The Hall–Kier alpha value is -2.05. The number of amides is 2. The van der Waals surface area contributed by atoms with Crippen LogP contribution < -0.4 is 4.90 Å². The fraction of sp³-hybridized carbons (Fsp3) is 0.500. The SMILES string of the molecule is O=C1CCCCN1CC(=O)N1CCc2c1cccc2C(F)(F)F. The first-order chi connectivity index (χ1) is 10.9. The monoisotopic (exact) mass is 326 g/mol. The van der Waals surface area contributed by atoms with Gasteiger partial charge in [0.25, 0.3) is 0 Å². The summed E-state index contributed by atoms with van der Waals surface area (Å²) in [4.78, 5) is 27.1. The average molecular weight is 326 g/mol. The fourth-order valence-corrected chi connectivity index (χ4v) is 3.24. The third-order valence-corrected chi connectivity index (χ3v) is 4.38. The highest BCUT2D eigenvalue weighted by Crippen LogP contribution is 2.39. The molecule has 2 aliphatic heterocycles. The number of hydrogen-bond donors (Lipinski definition) is 0. The maximum absolute atomic E-state index is 13.0. The van der Waals surface area contributed by atoms with Crippen LogP contribution in [0, 0.1) is 0 Å². The van der Waals surface area contributed by atoms with Gasteiger partial charge in [0.05, 0.1) is 5.56 Å². The highest BCUT2D eigenvalue weighted by Gasteiger charge is 2.38. The number of hydrogen-bond acceptors (Lipinski definition) is 2. The molecule has 0 radical (unpaired) electrons. The van der Waals surface area contributed by atoms with Crippen LogP contribution in [0.3, 0.4) is 0 Å². The Balaban J connectivity index is 1.80. The first-order valence-corrected chi connectivity index (χ1v) is 7.65. The molecular weight excluding hydrogens is 309 g/mol. The summed E-state index contributed by atoms with van der Waals surface area (Å²) in [6.45, 7) is 0.700. The minimum absolute atomic E-state index is 0.0610. The lowest BCUT2D eigenvalue weighted by atomic mass is 10.0. The van der Waals surface area contributed by atoms with Gasteiger partial charge in [0.1, 0.15) is 6.54 Å². The molecular formula is C16H17F3N2O2. The number of carbonyl (C=O) groups excluding carboxylic acids is 2. The number of benzene rings is 1. The summed E-state index contributed by atoms with van der Waals surface area (Å²) in [6, 6.07) is 3.90. The second-order valence-electron chi connectivity index (χ2n) is 5.87. The lowest BCUT2D eigenvalue weighted by molar-refractivity contribution is -0.138. The maximum atomic E-state index is 13.0. The maximum Gasteiger partial charge on any atom is 0.416 e. The van der Waals surface area contributed by atoms with E-state index in [1.165, 1.54) is 21.9 Å². The number of carbonyl (C=O) groups is 2. The van der Waals surface area contributed by atoms with Crippen molar-refractivity contribution in [2.45, 2.75) is 31.9 Å². The molecule has 2 heterocycles. The Bertz CT molecular complexity index is 643.